The maximum atomic E-state index is 16.0. The molecule has 262 valence electrons. The smallest absolute Gasteiger partial charge is 0.365 e. The lowest BCUT2D eigenvalue weighted by Gasteiger charge is -2.37. The van der Waals surface area contributed by atoms with Gasteiger partial charge in [-0.1, -0.05) is 62.2 Å². The Morgan fingerprint density at radius 3 is 2.59 bits per heavy atom. The molecule has 1 amide bonds. The second kappa shape index (κ2) is 13.9. The maximum absolute atomic E-state index is 16.0. The lowest BCUT2D eigenvalue weighted by Crippen LogP contribution is -2.45. The minimum atomic E-state index is -1.81. The number of fused-ring (bicyclic) bond motifs is 1. The van der Waals surface area contributed by atoms with Gasteiger partial charge in [0.15, 0.2) is 0 Å². The molecule has 1 aliphatic rings. The quantitative estimate of drug-likeness (QED) is 0.168. The summed E-state index contributed by atoms with van der Waals surface area (Å²) >= 11 is 12.4. The molecule has 0 aliphatic carbocycles. The van der Waals surface area contributed by atoms with Crippen molar-refractivity contribution < 1.29 is 27.9 Å². The summed E-state index contributed by atoms with van der Waals surface area (Å²) in [5, 5.41) is 24.7. The molecule has 0 bridgehead atoms. The summed E-state index contributed by atoms with van der Waals surface area (Å²) in [6, 6.07) is 15.9. The number of hydrogen-bond acceptors (Lipinski definition) is 9. The van der Waals surface area contributed by atoms with Crippen LogP contribution >= 0.6 is 23.2 Å². The Morgan fingerprint density at radius 1 is 1.10 bits per heavy atom. The highest BCUT2D eigenvalue weighted by Gasteiger charge is 2.61. The number of rotatable bonds is 8. The van der Waals surface area contributed by atoms with E-state index in [0.29, 0.717) is 11.9 Å². The minimum Gasteiger partial charge on any atom is -0.495 e. The predicted octanol–water partition coefficient (Wildman–Crippen LogP) is 6.65. The summed E-state index contributed by atoms with van der Waals surface area (Å²) in [6.07, 6.45) is 1.79. The van der Waals surface area contributed by atoms with Crippen molar-refractivity contribution in [3.8, 4) is 11.8 Å². The summed E-state index contributed by atoms with van der Waals surface area (Å²) in [7, 11) is 1.34. The van der Waals surface area contributed by atoms with Gasteiger partial charge in [0.1, 0.15) is 28.3 Å². The van der Waals surface area contributed by atoms with Gasteiger partial charge in [0.05, 0.1) is 35.5 Å². The van der Waals surface area contributed by atoms with Crippen LogP contribution in [0, 0.1) is 28.4 Å². The van der Waals surface area contributed by atoms with Crippen LogP contribution in [0.4, 0.5) is 14.5 Å². The molecule has 1 fully saturated rings. The van der Waals surface area contributed by atoms with Crippen molar-refractivity contribution >= 4 is 51.9 Å². The van der Waals surface area contributed by atoms with E-state index in [1.807, 2.05) is 20.8 Å². The largest absolute Gasteiger partial charge is 0.495 e. The molecule has 1 aliphatic heterocycles. The van der Waals surface area contributed by atoms with Gasteiger partial charge in [-0.25, -0.2) is 18.6 Å². The fraction of sp³-hybridized carbons (Fsp3) is 0.278. The molecular formula is C36H31Cl2F2N7O4. The molecule has 1 saturated heterocycles. The highest BCUT2D eigenvalue weighted by Crippen LogP contribution is 2.53. The van der Waals surface area contributed by atoms with E-state index in [-0.39, 0.29) is 43.8 Å². The number of carbonyl (C=O) groups excluding carboxylic acids is 2. The summed E-state index contributed by atoms with van der Waals surface area (Å²) in [5.41, 5.74) is -1.49. The molecule has 4 unspecified atom stereocenters. The number of halogens is 4. The van der Waals surface area contributed by atoms with Crippen molar-refractivity contribution in [2.75, 3.05) is 12.4 Å². The fourth-order valence-electron chi connectivity index (χ4n) is 6.63. The number of pyridine rings is 1. The number of carbonyl (C=O) groups is 2. The average Bonchev–Trinajstić information content (AvgIpc) is 3.64. The van der Waals surface area contributed by atoms with Crippen LogP contribution < -0.4 is 20.2 Å². The number of ether oxygens (including phenoxy) is 1. The first-order valence-corrected chi connectivity index (χ1v) is 16.5. The van der Waals surface area contributed by atoms with Crippen molar-refractivity contribution in [3.05, 3.63) is 111 Å². The predicted molar refractivity (Wildman–Crippen MR) is 185 cm³/mol. The van der Waals surface area contributed by atoms with E-state index in [9.17, 15) is 14.9 Å². The van der Waals surface area contributed by atoms with E-state index < -0.39 is 52.3 Å². The monoisotopic (exact) mass is 733 g/mol. The molecule has 3 aromatic carbocycles. The van der Waals surface area contributed by atoms with Crippen molar-refractivity contribution in [1.82, 2.24) is 25.5 Å². The Kier molecular flexibility index (Phi) is 9.69. The number of amides is 1. The zero-order valence-corrected chi connectivity index (χ0v) is 29.3. The summed E-state index contributed by atoms with van der Waals surface area (Å²) < 4.78 is 37.5. The first-order chi connectivity index (χ1) is 24.3. The van der Waals surface area contributed by atoms with E-state index in [4.69, 9.17) is 32.8 Å². The molecule has 0 spiro atoms. The molecule has 5 aromatic rings. The maximum Gasteiger partial charge on any atom is 0.365 e. The lowest BCUT2D eigenvalue weighted by molar-refractivity contribution is -0.118. The van der Waals surface area contributed by atoms with Gasteiger partial charge in [-0.05, 0) is 76.0 Å². The standard InChI is InChI=1S/C36H31Cl2F2N7O4/c1-35(2,3)17-28-36(18-41,22-12-11-20(37)16-24(22)39)29(21-7-5-8-23(38)30(21)40)31(44-28)33(48)43-25-13-10-19(15-27(25)50-4)34(49)51-47-32-26(45-46-47)9-6-14-42-32/h5-16,28-29,31,44H,17H2,1-4H3,(H,43,48). The molecule has 15 heteroatoms. The van der Waals surface area contributed by atoms with Crippen LogP contribution in [0.3, 0.4) is 0 Å². The highest BCUT2D eigenvalue weighted by molar-refractivity contribution is 6.31. The normalized spacial score (nSPS) is 20.2. The molecule has 2 aromatic heterocycles. The third kappa shape index (κ3) is 6.70. The first kappa shape index (κ1) is 35.7. The van der Waals surface area contributed by atoms with Crippen molar-refractivity contribution in [2.45, 2.75) is 50.6 Å². The number of nitriles is 1. The molecule has 3 heterocycles. The zero-order chi connectivity index (χ0) is 36.7. The number of nitrogens with zero attached hydrogens (tertiary/aromatic N) is 5. The molecule has 6 rings (SSSR count). The van der Waals surface area contributed by atoms with E-state index in [0.717, 1.165) is 10.9 Å². The third-order valence-electron chi connectivity index (χ3n) is 8.78. The number of anilines is 1. The molecular weight excluding hydrogens is 703 g/mol. The Bertz CT molecular complexity index is 2200. The van der Waals surface area contributed by atoms with Gasteiger partial charge in [0.2, 0.25) is 11.6 Å². The van der Waals surface area contributed by atoms with Gasteiger partial charge >= 0.3 is 5.97 Å². The number of methoxy groups -OCH3 is 1. The van der Waals surface area contributed by atoms with Gasteiger partial charge in [0.25, 0.3) is 0 Å². The van der Waals surface area contributed by atoms with Crippen LogP contribution in [0.15, 0.2) is 72.9 Å². The van der Waals surface area contributed by atoms with Gasteiger partial charge in [-0.2, -0.15) is 5.26 Å². The molecule has 0 saturated carbocycles. The highest BCUT2D eigenvalue weighted by atomic mass is 35.5. The second-order valence-corrected chi connectivity index (χ2v) is 14.1. The van der Waals surface area contributed by atoms with Crippen LogP contribution in [0.5, 0.6) is 5.75 Å². The number of nitrogens with one attached hydrogen (secondary N) is 2. The number of aromatic nitrogens is 4. The van der Waals surface area contributed by atoms with Gasteiger partial charge in [-0.15, -0.1) is 5.10 Å². The van der Waals surface area contributed by atoms with E-state index >= 15 is 8.78 Å². The van der Waals surface area contributed by atoms with Crippen molar-refractivity contribution in [2.24, 2.45) is 5.41 Å². The van der Waals surface area contributed by atoms with Crippen molar-refractivity contribution in [1.29, 1.82) is 5.26 Å². The van der Waals surface area contributed by atoms with Crippen molar-refractivity contribution in [3.63, 3.8) is 0 Å². The minimum absolute atomic E-state index is 0.0494. The van der Waals surface area contributed by atoms with E-state index in [1.54, 1.807) is 12.1 Å². The third-order valence-corrected chi connectivity index (χ3v) is 9.30. The Hall–Kier alpha value is -5.16. The zero-order valence-electron chi connectivity index (χ0n) is 27.7. The Labute approximate surface area is 301 Å². The summed E-state index contributed by atoms with van der Waals surface area (Å²) in [4.78, 5) is 37.8. The summed E-state index contributed by atoms with van der Waals surface area (Å²) in [5.74, 6) is -4.31. The number of benzene rings is 3. The average molecular weight is 735 g/mol. The van der Waals surface area contributed by atoms with Crippen LogP contribution in [0.1, 0.15) is 54.6 Å². The molecule has 51 heavy (non-hydrogen) atoms. The molecule has 0 radical (unpaired) electrons. The second-order valence-electron chi connectivity index (χ2n) is 13.3. The van der Waals surface area contributed by atoms with Crippen LogP contribution in [-0.2, 0) is 10.2 Å². The fourth-order valence-corrected chi connectivity index (χ4v) is 6.97. The van der Waals surface area contributed by atoms with E-state index in [2.05, 4.69) is 32.0 Å². The molecule has 11 nitrogen and oxygen atoms in total. The SMILES string of the molecule is COc1cc(C(=O)On2nnc3cccnc32)ccc1NC(=O)C1NC(CC(C)(C)C)C(C#N)(c2ccc(Cl)cc2F)C1c1cccc(Cl)c1F. The van der Waals surface area contributed by atoms with Gasteiger partial charge < -0.3 is 20.2 Å². The Morgan fingerprint density at radius 2 is 1.88 bits per heavy atom. The van der Waals surface area contributed by atoms with Gasteiger partial charge in [0, 0.05) is 28.7 Å². The lowest BCUT2D eigenvalue weighted by atomic mass is 9.62. The Balaban J connectivity index is 1.39. The summed E-state index contributed by atoms with van der Waals surface area (Å²) in [6.45, 7) is 5.82. The molecule has 4 atom stereocenters. The van der Waals surface area contributed by atoms with Crippen LogP contribution in [-0.4, -0.2) is 51.2 Å². The molecule has 2 N–H and O–H groups in total. The first-order valence-electron chi connectivity index (χ1n) is 15.7. The number of hydrogen-bond donors (Lipinski definition) is 2. The van der Waals surface area contributed by atoms with Crippen LogP contribution in [0.2, 0.25) is 10.0 Å². The van der Waals surface area contributed by atoms with Gasteiger partial charge in [-0.3, -0.25) is 4.79 Å². The topological polar surface area (TPSA) is 144 Å². The van der Waals surface area contributed by atoms with E-state index in [1.165, 1.54) is 61.8 Å². The van der Waals surface area contributed by atoms with Crippen LogP contribution in [0.25, 0.3) is 11.2 Å².